The number of piperidine rings is 1. The summed E-state index contributed by atoms with van der Waals surface area (Å²) in [5, 5.41) is 12.0. The van der Waals surface area contributed by atoms with E-state index in [1.807, 2.05) is 23.9 Å². The Balaban J connectivity index is 1.46. The smallest absolute Gasteiger partial charge is 0.227 e. The summed E-state index contributed by atoms with van der Waals surface area (Å²) in [6.07, 6.45) is 8.27. The first kappa shape index (κ1) is 19.1. The largest absolute Gasteiger partial charge is 0.376 e. The van der Waals surface area contributed by atoms with Gasteiger partial charge in [-0.25, -0.2) is 4.98 Å². The molecule has 2 saturated heterocycles. The normalized spacial score (nSPS) is 25.9. The van der Waals surface area contributed by atoms with Crippen molar-refractivity contribution in [2.24, 2.45) is 13.0 Å². The lowest BCUT2D eigenvalue weighted by Gasteiger charge is -2.35. The highest BCUT2D eigenvalue weighted by Crippen LogP contribution is 2.28. The molecule has 0 aromatic carbocycles. The first-order valence-corrected chi connectivity index (χ1v) is 10.4. The van der Waals surface area contributed by atoms with Crippen LogP contribution in [-0.2, 0) is 11.8 Å². The lowest BCUT2D eigenvalue weighted by molar-refractivity contribution is -0.0203. The quantitative estimate of drug-likeness (QED) is 0.847. The zero-order chi connectivity index (χ0) is 19.5. The highest BCUT2D eigenvalue weighted by molar-refractivity contribution is 5.43. The van der Waals surface area contributed by atoms with Gasteiger partial charge in [0, 0.05) is 38.9 Å². The number of rotatable bonds is 5. The second kappa shape index (κ2) is 8.43. The molecule has 0 bridgehead atoms. The second-order valence-corrected chi connectivity index (χ2v) is 8.30. The van der Waals surface area contributed by atoms with Crippen LogP contribution in [0, 0.1) is 5.92 Å². The van der Waals surface area contributed by atoms with Gasteiger partial charge >= 0.3 is 0 Å². The van der Waals surface area contributed by atoms with Crippen molar-refractivity contribution in [1.82, 2.24) is 24.7 Å². The maximum Gasteiger partial charge on any atom is 0.227 e. The van der Waals surface area contributed by atoms with Crippen molar-refractivity contribution in [3.8, 4) is 0 Å². The number of hydrogen-bond acceptors (Lipinski definition) is 7. The molecule has 152 valence electrons. The minimum atomic E-state index is 0.224. The van der Waals surface area contributed by atoms with E-state index in [9.17, 15) is 0 Å². The van der Waals surface area contributed by atoms with Crippen molar-refractivity contribution >= 4 is 11.8 Å². The number of aryl methyl sites for hydroxylation is 1. The van der Waals surface area contributed by atoms with Gasteiger partial charge < -0.3 is 19.5 Å². The fourth-order valence-corrected chi connectivity index (χ4v) is 4.42. The molecule has 0 saturated carbocycles. The van der Waals surface area contributed by atoms with Gasteiger partial charge in [-0.05, 0) is 37.7 Å². The van der Waals surface area contributed by atoms with E-state index in [-0.39, 0.29) is 6.10 Å². The molecule has 3 atom stereocenters. The Labute approximate surface area is 166 Å². The highest BCUT2D eigenvalue weighted by atomic mass is 16.5. The summed E-state index contributed by atoms with van der Waals surface area (Å²) in [6, 6.07) is 2.25. The molecule has 0 aliphatic carbocycles. The molecule has 4 heterocycles. The minimum Gasteiger partial charge on any atom is -0.376 e. The van der Waals surface area contributed by atoms with Crippen molar-refractivity contribution < 1.29 is 4.74 Å². The SMILES string of the molecule is CC(C)[C@@H]1OCCC[C@@H]1Nc1ccnc(N2CCC[C@@H](c3nncn3C)C2)n1. The van der Waals surface area contributed by atoms with Gasteiger partial charge in [0.15, 0.2) is 0 Å². The summed E-state index contributed by atoms with van der Waals surface area (Å²) in [6.45, 7) is 7.14. The third kappa shape index (κ3) is 4.11. The molecule has 0 spiro atoms. The minimum absolute atomic E-state index is 0.224. The van der Waals surface area contributed by atoms with Gasteiger partial charge in [-0.1, -0.05) is 13.8 Å². The fourth-order valence-electron chi connectivity index (χ4n) is 4.42. The molecule has 28 heavy (non-hydrogen) atoms. The van der Waals surface area contributed by atoms with E-state index < -0.39 is 0 Å². The number of hydrogen-bond donors (Lipinski definition) is 1. The molecule has 1 N–H and O–H groups in total. The third-order valence-corrected chi connectivity index (χ3v) is 5.82. The standard InChI is InChI=1S/C20H31N7O/c1-14(2)18-16(7-5-11-28-18)23-17-8-9-21-20(24-17)27-10-4-6-15(12-27)19-25-22-13-26(19)3/h8-9,13-16,18H,4-7,10-12H2,1-3H3,(H,21,23,24)/t15-,16+,18+/m1/s1. The van der Waals surface area contributed by atoms with E-state index in [1.54, 1.807) is 6.33 Å². The maximum absolute atomic E-state index is 6.01. The molecule has 0 unspecified atom stereocenters. The summed E-state index contributed by atoms with van der Waals surface area (Å²) in [5.74, 6) is 3.55. The molecule has 8 nitrogen and oxygen atoms in total. The summed E-state index contributed by atoms with van der Waals surface area (Å²) in [5.41, 5.74) is 0. The zero-order valence-corrected chi connectivity index (χ0v) is 17.1. The van der Waals surface area contributed by atoms with Crippen LogP contribution in [0.1, 0.15) is 51.3 Å². The highest BCUT2D eigenvalue weighted by Gasteiger charge is 2.29. The number of ether oxygens (including phenoxy) is 1. The average Bonchev–Trinajstić information content (AvgIpc) is 3.14. The molecular weight excluding hydrogens is 354 g/mol. The molecule has 2 aliphatic rings. The van der Waals surface area contributed by atoms with Gasteiger partial charge in [-0.15, -0.1) is 10.2 Å². The molecule has 2 fully saturated rings. The lowest BCUT2D eigenvalue weighted by atomic mass is 9.94. The Morgan fingerprint density at radius 3 is 2.93 bits per heavy atom. The van der Waals surface area contributed by atoms with Crippen LogP contribution < -0.4 is 10.2 Å². The number of aromatic nitrogens is 5. The summed E-state index contributed by atoms with van der Waals surface area (Å²) >= 11 is 0. The van der Waals surface area contributed by atoms with Crippen LogP contribution in [0.5, 0.6) is 0 Å². The van der Waals surface area contributed by atoms with E-state index in [1.165, 1.54) is 0 Å². The summed E-state index contributed by atoms with van der Waals surface area (Å²) in [4.78, 5) is 11.6. The first-order valence-electron chi connectivity index (χ1n) is 10.4. The predicted octanol–water partition coefficient (Wildman–Crippen LogP) is 2.60. The van der Waals surface area contributed by atoms with Crippen molar-refractivity contribution in [2.75, 3.05) is 29.9 Å². The van der Waals surface area contributed by atoms with Gasteiger partial charge in [0.1, 0.15) is 18.0 Å². The molecule has 0 radical (unpaired) electrons. The molecule has 2 aliphatic heterocycles. The topological polar surface area (TPSA) is 81.0 Å². The Kier molecular flexibility index (Phi) is 5.75. The Morgan fingerprint density at radius 1 is 1.25 bits per heavy atom. The number of nitrogens with one attached hydrogen (secondary N) is 1. The number of anilines is 2. The average molecular weight is 386 g/mol. The molecule has 0 amide bonds. The lowest BCUT2D eigenvalue weighted by Crippen LogP contribution is -2.43. The van der Waals surface area contributed by atoms with E-state index in [2.05, 4.69) is 39.2 Å². The van der Waals surface area contributed by atoms with Gasteiger partial charge in [0.2, 0.25) is 5.95 Å². The zero-order valence-electron chi connectivity index (χ0n) is 17.1. The van der Waals surface area contributed by atoms with Crippen LogP contribution in [0.15, 0.2) is 18.6 Å². The first-order chi connectivity index (χ1) is 13.6. The van der Waals surface area contributed by atoms with Crippen molar-refractivity contribution in [1.29, 1.82) is 0 Å². The van der Waals surface area contributed by atoms with Crippen molar-refractivity contribution in [3.63, 3.8) is 0 Å². The van der Waals surface area contributed by atoms with Crippen LogP contribution in [0.2, 0.25) is 0 Å². The van der Waals surface area contributed by atoms with Crippen LogP contribution in [-0.4, -0.2) is 56.6 Å². The fraction of sp³-hybridized carbons (Fsp3) is 0.700. The monoisotopic (exact) mass is 385 g/mol. The van der Waals surface area contributed by atoms with Gasteiger partial charge in [0.05, 0.1) is 12.1 Å². The van der Waals surface area contributed by atoms with Gasteiger partial charge in [0.25, 0.3) is 0 Å². The van der Waals surface area contributed by atoms with Gasteiger partial charge in [-0.3, -0.25) is 0 Å². The molecule has 2 aromatic rings. The van der Waals surface area contributed by atoms with E-state index >= 15 is 0 Å². The van der Waals surface area contributed by atoms with Crippen molar-refractivity contribution in [3.05, 3.63) is 24.4 Å². The maximum atomic E-state index is 6.01. The molecule has 8 heteroatoms. The Hall–Kier alpha value is -2.22. The Morgan fingerprint density at radius 2 is 2.14 bits per heavy atom. The van der Waals surface area contributed by atoms with Crippen molar-refractivity contribution in [2.45, 2.75) is 57.6 Å². The van der Waals surface area contributed by atoms with E-state index in [0.29, 0.717) is 17.9 Å². The second-order valence-electron chi connectivity index (χ2n) is 8.30. The van der Waals surface area contributed by atoms with Crippen LogP contribution in [0.4, 0.5) is 11.8 Å². The van der Waals surface area contributed by atoms with Crippen LogP contribution in [0.25, 0.3) is 0 Å². The predicted molar refractivity (Wildman–Crippen MR) is 108 cm³/mol. The van der Waals surface area contributed by atoms with Gasteiger partial charge in [-0.2, -0.15) is 4.98 Å². The van der Waals surface area contributed by atoms with E-state index in [4.69, 9.17) is 9.72 Å². The van der Waals surface area contributed by atoms with Crippen LogP contribution >= 0.6 is 0 Å². The van der Waals surface area contributed by atoms with E-state index in [0.717, 1.165) is 63.0 Å². The molecular formula is C20H31N7O. The third-order valence-electron chi connectivity index (χ3n) is 5.82. The number of nitrogens with zero attached hydrogens (tertiary/aromatic N) is 6. The molecule has 4 rings (SSSR count). The van der Waals surface area contributed by atoms with Crippen LogP contribution in [0.3, 0.4) is 0 Å². The summed E-state index contributed by atoms with van der Waals surface area (Å²) in [7, 11) is 2.01. The molecule has 2 aromatic heterocycles. The summed E-state index contributed by atoms with van der Waals surface area (Å²) < 4.78 is 8.02. The Bertz CT molecular complexity index is 777.